The van der Waals surface area contributed by atoms with E-state index >= 15 is 0 Å². The van der Waals surface area contributed by atoms with Crippen molar-refractivity contribution < 1.29 is 0 Å². The molecule has 0 radical (unpaired) electrons. The number of nitrogens with two attached hydrogens (primary N) is 1. The van der Waals surface area contributed by atoms with E-state index in [9.17, 15) is 0 Å². The van der Waals surface area contributed by atoms with Crippen LogP contribution in [0.3, 0.4) is 0 Å². The van der Waals surface area contributed by atoms with Crippen molar-refractivity contribution in [2.24, 2.45) is 12.8 Å². The summed E-state index contributed by atoms with van der Waals surface area (Å²) in [5.41, 5.74) is 9.64. The fraction of sp³-hybridized carbons (Fsp3) is 0.125. The lowest BCUT2D eigenvalue weighted by Crippen LogP contribution is -2.11. The zero-order valence-corrected chi connectivity index (χ0v) is 11.4. The summed E-state index contributed by atoms with van der Waals surface area (Å²) in [5.74, 6) is 0. The molecular weight excluding hydrogens is 256 g/mol. The van der Waals surface area contributed by atoms with E-state index in [2.05, 4.69) is 22.9 Å². The second-order valence-electron chi connectivity index (χ2n) is 4.71. The number of nitrogens with zero attached hydrogens (tertiary/aromatic N) is 1. The molecule has 0 spiro atoms. The number of benzene rings is 2. The molecule has 0 fully saturated rings. The fourth-order valence-corrected chi connectivity index (χ4v) is 2.77. The second kappa shape index (κ2) is 4.72. The van der Waals surface area contributed by atoms with Crippen LogP contribution in [0.1, 0.15) is 17.2 Å². The van der Waals surface area contributed by atoms with Crippen molar-refractivity contribution in [1.29, 1.82) is 0 Å². The molecule has 0 amide bonds. The molecule has 2 aromatic carbocycles. The quantitative estimate of drug-likeness (QED) is 0.753. The largest absolute Gasteiger partial charge is 0.350 e. The van der Waals surface area contributed by atoms with E-state index in [0.29, 0.717) is 5.02 Å². The molecule has 3 rings (SSSR count). The minimum Gasteiger partial charge on any atom is -0.350 e. The number of hydrogen-bond donors (Lipinski definition) is 1. The van der Waals surface area contributed by atoms with Crippen molar-refractivity contribution in [1.82, 2.24) is 4.57 Å². The van der Waals surface area contributed by atoms with E-state index in [0.717, 1.165) is 11.1 Å². The zero-order chi connectivity index (χ0) is 13.4. The van der Waals surface area contributed by atoms with E-state index in [4.69, 9.17) is 17.3 Å². The smallest absolute Gasteiger partial charge is 0.0587 e. The average Bonchev–Trinajstić information content (AvgIpc) is 2.77. The van der Waals surface area contributed by atoms with Crippen molar-refractivity contribution in [2.45, 2.75) is 6.04 Å². The minimum atomic E-state index is -0.209. The molecule has 0 aliphatic rings. The molecule has 1 atom stereocenters. The second-order valence-corrected chi connectivity index (χ2v) is 5.12. The summed E-state index contributed by atoms with van der Waals surface area (Å²) >= 11 is 6.24. The van der Waals surface area contributed by atoms with Gasteiger partial charge in [-0.3, -0.25) is 0 Å². The van der Waals surface area contributed by atoms with Gasteiger partial charge in [-0.05, 0) is 23.3 Å². The van der Waals surface area contributed by atoms with Gasteiger partial charge in [0.1, 0.15) is 0 Å². The van der Waals surface area contributed by atoms with Crippen LogP contribution in [0.15, 0.2) is 54.7 Å². The van der Waals surface area contributed by atoms with Crippen LogP contribution in [-0.4, -0.2) is 4.57 Å². The number of rotatable bonds is 2. The molecule has 0 saturated heterocycles. The molecule has 2 nitrogen and oxygen atoms in total. The molecule has 3 heteroatoms. The van der Waals surface area contributed by atoms with E-state index < -0.39 is 0 Å². The van der Waals surface area contributed by atoms with Gasteiger partial charge in [-0.15, -0.1) is 0 Å². The molecule has 0 bridgehead atoms. The highest BCUT2D eigenvalue weighted by Crippen LogP contribution is 2.31. The van der Waals surface area contributed by atoms with Crippen LogP contribution in [0.4, 0.5) is 0 Å². The highest BCUT2D eigenvalue weighted by molar-refractivity contribution is 6.31. The molecule has 1 heterocycles. The van der Waals surface area contributed by atoms with Gasteiger partial charge in [0.05, 0.1) is 6.04 Å². The van der Waals surface area contributed by atoms with Gasteiger partial charge in [-0.1, -0.05) is 48.0 Å². The average molecular weight is 271 g/mol. The summed E-state index contributed by atoms with van der Waals surface area (Å²) in [6.07, 6.45) is 2.08. The zero-order valence-electron chi connectivity index (χ0n) is 10.7. The summed E-state index contributed by atoms with van der Waals surface area (Å²) in [6.45, 7) is 0. The maximum absolute atomic E-state index is 6.40. The third kappa shape index (κ3) is 2.03. The maximum atomic E-state index is 6.40. The molecule has 0 saturated carbocycles. The van der Waals surface area contributed by atoms with Gasteiger partial charge in [0.2, 0.25) is 0 Å². The number of fused-ring (bicyclic) bond motifs is 1. The molecule has 1 aromatic heterocycles. The van der Waals surface area contributed by atoms with Gasteiger partial charge < -0.3 is 10.3 Å². The first-order chi connectivity index (χ1) is 9.18. The maximum Gasteiger partial charge on any atom is 0.0587 e. The Morgan fingerprint density at radius 1 is 1.00 bits per heavy atom. The van der Waals surface area contributed by atoms with Crippen LogP contribution in [0, 0.1) is 0 Å². The summed E-state index contributed by atoms with van der Waals surface area (Å²) < 4.78 is 2.10. The van der Waals surface area contributed by atoms with E-state index in [-0.39, 0.29) is 6.04 Å². The number of aryl methyl sites for hydroxylation is 1. The van der Waals surface area contributed by atoms with E-state index in [1.54, 1.807) is 0 Å². The Morgan fingerprint density at radius 3 is 2.47 bits per heavy atom. The van der Waals surface area contributed by atoms with Crippen LogP contribution in [0.2, 0.25) is 5.02 Å². The minimum absolute atomic E-state index is 0.209. The molecule has 2 N–H and O–H groups in total. The van der Waals surface area contributed by atoms with E-state index in [1.807, 2.05) is 43.4 Å². The summed E-state index contributed by atoms with van der Waals surface area (Å²) in [5, 5.41) is 1.89. The molecule has 1 unspecified atom stereocenters. The van der Waals surface area contributed by atoms with Gasteiger partial charge >= 0.3 is 0 Å². The van der Waals surface area contributed by atoms with Crippen LogP contribution in [0.25, 0.3) is 10.9 Å². The Kier molecular flexibility index (Phi) is 3.05. The molecule has 0 aliphatic carbocycles. The molecule has 3 aromatic rings. The number of hydrogen-bond acceptors (Lipinski definition) is 1. The third-order valence-electron chi connectivity index (χ3n) is 3.50. The van der Waals surface area contributed by atoms with Gasteiger partial charge in [-0.2, -0.15) is 0 Å². The Morgan fingerprint density at radius 2 is 1.68 bits per heavy atom. The topological polar surface area (TPSA) is 30.9 Å². The van der Waals surface area contributed by atoms with Gasteiger partial charge in [0, 0.05) is 29.2 Å². The summed E-state index contributed by atoms with van der Waals surface area (Å²) in [4.78, 5) is 0. The summed E-state index contributed by atoms with van der Waals surface area (Å²) in [6, 6.07) is 15.8. The lowest BCUT2D eigenvalue weighted by atomic mass is 9.99. The van der Waals surface area contributed by atoms with E-state index in [1.165, 1.54) is 10.9 Å². The normalized spacial score (nSPS) is 12.8. The number of aromatic nitrogens is 1. The molecular formula is C16H15ClN2. The van der Waals surface area contributed by atoms with Gasteiger partial charge in [0.25, 0.3) is 0 Å². The standard InChI is InChI=1S/C16H15ClN2/c1-19-10-13(11-6-3-5-9-15(11)19)16(18)12-7-2-4-8-14(12)17/h2-10,16H,18H2,1H3. The van der Waals surface area contributed by atoms with Crippen molar-refractivity contribution >= 4 is 22.5 Å². The van der Waals surface area contributed by atoms with Gasteiger partial charge in [-0.25, -0.2) is 0 Å². The Hall–Kier alpha value is -1.77. The Bertz CT molecular complexity index is 730. The first-order valence-corrected chi connectivity index (χ1v) is 6.60. The first kappa shape index (κ1) is 12.3. The van der Waals surface area contributed by atoms with Crippen LogP contribution >= 0.6 is 11.6 Å². The van der Waals surface area contributed by atoms with Crippen molar-refractivity contribution in [3.8, 4) is 0 Å². The molecule has 19 heavy (non-hydrogen) atoms. The van der Waals surface area contributed by atoms with Crippen LogP contribution in [-0.2, 0) is 7.05 Å². The van der Waals surface area contributed by atoms with Crippen molar-refractivity contribution in [3.05, 3.63) is 70.9 Å². The monoisotopic (exact) mass is 270 g/mol. The fourth-order valence-electron chi connectivity index (χ4n) is 2.52. The van der Waals surface area contributed by atoms with Crippen molar-refractivity contribution in [3.63, 3.8) is 0 Å². The molecule has 96 valence electrons. The predicted molar refractivity (Wildman–Crippen MR) is 80.4 cm³/mol. The first-order valence-electron chi connectivity index (χ1n) is 6.22. The lowest BCUT2D eigenvalue weighted by Gasteiger charge is -2.13. The third-order valence-corrected chi connectivity index (χ3v) is 3.85. The van der Waals surface area contributed by atoms with Gasteiger partial charge in [0.15, 0.2) is 0 Å². The SMILES string of the molecule is Cn1cc(C(N)c2ccccc2Cl)c2ccccc21. The highest BCUT2D eigenvalue weighted by Gasteiger charge is 2.16. The van der Waals surface area contributed by atoms with Crippen LogP contribution < -0.4 is 5.73 Å². The lowest BCUT2D eigenvalue weighted by molar-refractivity contribution is 0.862. The highest BCUT2D eigenvalue weighted by atomic mass is 35.5. The number of para-hydroxylation sites is 1. The Labute approximate surface area is 117 Å². The summed E-state index contributed by atoms with van der Waals surface area (Å²) in [7, 11) is 2.03. The van der Waals surface area contributed by atoms with Crippen molar-refractivity contribution in [2.75, 3.05) is 0 Å². The Balaban J connectivity index is 2.17. The number of halogens is 1. The predicted octanol–water partition coefficient (Wildman–Crippen LogP) is 3.88. The molecule has 0 aliphatic heterocycles. The van der Waals surface area contributed by atoms with Crippen LogP contribution in [0.5, 0.6) is 0 Å².